The van der Waals surface area contributed by atoms with Crippen molar-refractivity contribution in [2.75, 3.05) is 13.2 Å². The minimum Gasteiger partial charge on any atom is -0.381 e. The van der Waals surface area contributed by atoms with Crippen LogP contribution in [0.15, 0.2) is 4.52 Å². The lowest BCUT2D eigenvalue weighted by Crippen LogP contribution is -2.20. The van der Waals surface area contributed by atoms with Crippen LogP contribution in [-0.4, -0.2) is 23.4 Å². The van der Waals surface area contributed by atoms with E-state index < -0.39 is 0 Å². The molecule has 0 spiro atoms. The van der Waals surface area contributed by atoms with Gasteiger partial charge < -0.3 is 15.0 Å². The zero-order chi connectivity index (χ0) is 12.3. The molecule has 1 aliphatic rings. The lowest BCUT2D eigenvalue weighted by atomic mass is 9.99. The number of hydrogen-bond donors (Lipinski definition) is 1. The monoisotopic (exact) mass is 239 g/mol. The molecule has 1 aliphatic heterocycles. The number of rotatable bonds is 4. The number of hydrogen-bond acceptors (Lipinski definition) is 5. The Morgan fingerprint density at radius 1 is 1.53 bits per heavy atom. The maximum atomic E-state index is 6.06. The van der Waals surface area contributed by atoms with Gasteiger partial charge in [0.05, 0.1) is 12.6 Å². The standard InChI is InChI=1S/C12H21N3O2/c1-3-8(2)10(13)12-14-11(15-17-12)9-5-4-6-16-7-9/h8-10H,3-7,13H2,1-2H3/t8-,9?,10-/m0/s1. The van der Waals surface area contributed by atoms with Crippen LogP contribution in [0.4, 0.5) is 0 Å². The van der Waals surface area contributed by atoms with Gasteiger partial charge in [0.1, 0.15) is 0 Å². The molecule has 2 heterocycles. The molecule has 5 nitrogen and oxygen atoms in total. The number of nitrogens with two attached hydrogens (primary N) is 1. The van der Waals surface area contributed by atoms with Gasteiger partial charge >= 0.3 is 0 Å². The Bertz CT molecular complexity index is 331. The topological polar surface area (TPSA) is 74.2 Å². The fourth-order valence-electron chi connectivity index (χ4n) is 1.99. The summed E-state index contributed by atoms with van der Waals surface area (Å²) in [7, 11) is 0. The second-order valence-electron chi connectivity index (χ2n) is 4.82. The largest absolute Gasteiger partial charge is 0.381 e. The normalized spacial score (nSPS) is 24.5. The maximum Gasteiger partial charge on any atom is 0.243 e. The Hall–Kier alpha value is -0.940. The minimum atomic E-state index is -0.161. The first kappa shape index (κ1) is 12.5. The summed E-state index contributed by atoms with van der Waals surface area (Å²) in [6.07, 6.45) is 3.13. The van der Waals surface area contributed by atoms with E-state index in [1.165, 1.54) is 0 Å². The Morgan fingerprint density at radius 3 is 3.00 bits per heavy atom. The van der Waals surface area contributed by atoms with Crippen molar-refractivity contribution < 1.29 is 9.26 Å². The summed E-state index contributed by atoms with van der Waals surface area (Å²) in [5, 5.41) is 4.03. The van der Waals surface area contributed by atoms with Crippen LogP contribution in [0.2, 0.25) is 0 Å². The maximum absolute atomic E-state index is 6.06. The van der Waals surface area contributed by atoms with E-state index in [-0.39, 0.29) is 12.0 Å². The van der Waals surface area contributed by atoms with E-state index in [9.17, 15) is 0 Å². The van der Waals surface area contributed by atoms with Crippen LogP contribution in [0.1, 0.15) is 56.8 Å². The van der Waals surface area contributed by atoms with Crippen molar-refractivity contribution in [2.24, 2.45) is 11.7 Å². The van der Waals surface area contributed by atoms with E-state index in [4.69, 9.17) is 15.0 Å². The van der Waals surface area contributed by atoms with Crippen LogP contribution in [0, 0.1) is 5.92 Å². The van der Waals surface area contributed by atoms with Crippen molar-refractivity contribution in [2.45, 2.75) is 45.1 Å². The zero-order valence-corrected chi connectivity index (χ0v) is 10.6. The fourth-order valence-corrected chi connectivity index (χ4v) is 1.99. The molecule has 0 bridgehead atoms. The first-order valence-corrected chi connectivity index (χ1v) is 6.39. The molecule has 2 N–H and O–H groups in total. The molecule has 2 rings (SSSR count). The molecule has 1 fully saturated rings. The minimum absolute atomic E-state index is 0.161. The van der Waals surface area contributed by atoms with Gasteiger partial charge in [0.25, 0.3) is 0 Å². The second-order valence-corrected chi connectivity index (χ2v) is 4.82. The van der Waals surface area contributed by atoms with Crippen molar-refractivity contribution in [1.29, 1.82) is 0 Å². The number of ether oxygens (including phenoxy) is 1. The molecule has 17 heavy (non-hydrogen) atoms. The van der Waals surface area contributed by atoms with Crippen LogP contribution in [0.5, 0.6) is 0 Å². The summed E-state index contributed by atoms with van der Waals surface area (Å²) in [6.45, 7) is 5.74. The number of nitrogens with zero attached hydrogens (tertiary/aromatic N) is 2. The smallest absolute Gasteiger partial charge is 0.243 e. The molecule has 1 aromatic rings. The van der Waals surface area contributed by atoms with E-state index in [1.807, 2.05) is 0 Å². The van der Waals surface area contributed by atoms with Gasteiger partial charge in [-0.15, -0.1) is 0 Å². The fraction of sp³-hybridized carbons (Fsp3) is 0.833. The molecule has 0 radical (unpaired) electrons. The zero-order valence-electron chi connectivity index (χ0n) is 10.6. The third-order valence-corrected chi connectivity index (χ3v) is 3.53. The quantitative estimate of drug-likeness (QED) is 0.870. The highest BCUT2D eigenvalue weighted by molar-refractivity contribution is 4.99. The second kappa shape index (κ2) is 5.60. The van der Waals surface area contributed by atoms with Crippen molar-refractivity contribution in [3.8, 4) is 0 Å². The van der Waals surface area contributed by atoms with Crippen molar-refractivity contribution >= 4 is 0 Å². The molecular weight excluding hydrogens is 218 g/mol. The molecule has 1 saturated heterocycles. The third-order valence-electron chi connectivity index (χ3n) is 3.53. The molecule has 0 amide bonds. The lowest BCUT2D eigenvalue weighted by Gasteiger charge is -2.18. The van der Waals surface area contributed by atoms with Crippen LogP contribution in [0.25, 0.3) is 0 Å². The van der Waals surface area contributed by atoms with Crippen molar-refractivity contribution in [3.63, 3.8) is 0 Å². The van der Waals surface area contributed by atoms with Crippen molar-refractivity contribution in [1.82, 2.24) is 10.1 Å². The van der Waals surface area contributed by atoms with E-state index in [0.717, 1.165) is 31.7 Å². The Balaban J connectivity index is 2.04. The SMILES string of the molecule is CC[C@H](C)[C@H](N)c1nc(C2CCCOC2)no1. The lowest BCUT2D eigenvalue weighted by molar-refractivity contribution is 0.0773. The van der Waals surface area contributed by atoms with Gasteiger partial charge in [0, 0.05) is 12.5 Å². The van der Waals surface area contributed by atoms with E-state index in [2.05, 4.69) is 24.0 Å². The average Bonchev–Trinajstić information content (AvgIpc) is 2.87. The predicted octanol–water partition coefficient (Wildman–Crippen LogP) is 2.01. The first-order chi connectivity index (χ1) is 8.22. The van der Waals surface area contributed by atoms with E-state index >= 15 is 0 Å². The molecule has 5 heteroatoms. The summed E-state index contributed by atoms with van der Waals surface area (Å²) in [5.41, 5.74) is 6.06. The predicted molar refractivity (Wildman–Crippen MR) is 63.5 cm³/mol. The molecule has 96 valence electrons. The van der Waals surface area contributed by atoms with Gasteiger partial charge in [-0.1, -0.05) is 25.4 Å². The first-order valence-electron chi connectivity index (χ1n) is 6.39. The van der Waals surface area contributed by atoms with Gasteiger partial charge in [0.15, 0.2) is 5.82 Å². The molecule has 0 aromatic carbocycles. The van der Waals surface area contributed by atoms with Crippen LogP contribution in [0.3, 0.4) is 0 Å². The molecular formula is C12H21N3O2. The summed E-state index contributed by atoms with van der Waals surface area (Å²) in [4.78, 5) is 4.42. The van der Waals surface area contributed by atoms with E-state index in [0.29, 0.717) is 18.4 Å². The highest BCUT2D eigenvalue weighted by Crippen LogP contribution is 2.26. The molecule has 1 aromatic heterocycles. The highest BCUT2D eigenvalue weighted by atomic mass is 16.5. The summed E-state index contributed by atoms with van der Waals surface area (Å²) >= 11 is 0. The highest BCUT2D eigenvalue weighted by Gasteiger charge is 2.25. The average molecular weight is 239 g/mol. The van der Waals surface area contributed by atoms with E-state index in [1.54, 1.807) is 0 Å². The van der Waals surface area contributed by atoms with Crippen LogP contribution < -0.4 is 5.73 Å². The molecule has 0 aliphatic carbocycles. The Morgan fingerprint density at radius 2 is 2.35 bits per heavy atom. The Kier molecular flexibility index (Phi) is 4.12. The van der Waals surface area contributed by atoms with Crippen LogP contribution >= 0.6 is 0 Å². The van der Waals surface area contributed by atoms with Gasteiger partial charge in [-0.25, -0.2) is 0 Å². The molecule has 3 atom stereocenters. The summed E-state index contributed by atoms with van der Waals surface area (Å²) < 4.78 is 10.7. The van der Waals surface area contributed by atoms with Gasteiger partial charge in [-0.3, -0.25) is 0 Å². The summed E-state index contributed by atoms with van der Waals surface area (Å²) in [5.74, 6) is 1.93. The van der Waals surface area contributed by atoms with Crippen LogP contribution in [-0.2, 0) is 4.74 Å². The Labute approximate surface area is 102 Å². The summed E-state index contributed by atoms with van der Waals surface area (Å²) in [6, 6.07) is -0.161. The van der Waals surface area contributed by atoms with Gasteiger partial charge in [-0.2, -0.15) is 4.98 Å². The van der Waals surface area contributed by atoms with Gasteiger partial charge in [0.2, 0.25) is 5.89 Å². The molecule has 1 unspecified atom stereocenters. The number of aromatic nitrogens is 2. The van der Waals surface area contributed by atoms with Crippen molar-refractivity contribution in [3.05, 3.63) is 11.7 Å². The van der Waals surface area contributed by atoms with Gasteiger partial charge in [-0.05, 0) is 18.8 Å². The third kappa shape index (κ3) is 2.84. The molecule has 0 saturated carbocycles.